The summed E-state index contributed by atoms with van der Waals surface area (Å²) in [7, 11) is 0. The SMILES string of the molecule is CC(C)[C@H](NC(=O)c1ccncc1)C(=O)NCCCCCCCNC(=O)[C@@H](NC(=O)c1ccncc1)C(C)C. The van der Waals surface area contributed by atoms with Crippen molar-refractivity contribution in [3.8, 4) is 0 Å². The molecule has 2 atom stereocenters. The minimum Gasteiger partial charge on any atom is -0.354 e. The van der Waals surface area contributed by atoms with Crippen LogP contribution in [0.4, 0.5) is 0 Å². The van der Waals surface area contributed by atoms with Crippen molar-refractivity contribution in [3.05, 3.63) is 60.2 Å². The van der Waals surface area contributed by atoms with Crippen molar-refractivity contribution in [2.24, 2.45) is 11.8 Å². The molecule has 2 heterocycles. The van der Waals surface area contributed by atoms with Crippen LogP contribution in [0.3, 0.4) is 0 Å². The first-order chi connectivity index (χ1) is 18.7. The Morgan fingerprint density at radius 2 is 0.923 bits per heavy atom. The second-order valence-electron chi connectivity index (χ2n) is 10.2. The monoisotopic (exact) mass is 538 g/mol. The number of amides is 4. The molecule has 10 nitrogen and oxygen atoms in total. The summed E-state index contributed by atoms with van der Waals surface area (Å²) in [6.07, 6.45) is 10.7. The summed E-state index contributed by atoms with van der Waals surface area (Å²) in [6, 6.07) is 5.22. The van der Waals surface area contributed by atoms with E-state index in [1.807, 2.05) is 27.7 Å². The zero-order valence-electron chi connectivity index (χ0n) is 23.4. The van der Waals surface area contributed by atoms with Gasteiger partial charge in [-0.25, -0.2) is 0 Å². The van der Waals surface area contributed by atoms with Gasteiger partial charge < -0.3 is 21.3 Å². The Hall–Kier alpha value is -3.82. The van der Waals surface area contributed by atoms with Crippen molar-refractivity contribution in [2.45, 2.75) is 71.9 Å². The fraction of sp³-hybridized carbons (Fsp3) is 0.517. The zero-order valence-corrected chi connectivity index (χ0v) is 23.4. The largest absolute Gasteiger partial charge is 0.354 e. The van der Waals surface area contributed by atoms with Gasteiger partial charge in [0.1, 0.15) is 12.1 Å². The molecular weight excluding hydrogens is 496 g/mol. The highest BCUT2D eigenvalue weighted by Crippen LogP contribution is 2.07. The van der Waals surface area contributed by atoms with Crippen molar-refractivity contribution < 1.29 is 19.2 Å². The summed E-state index contributed by atoms with van der Waals surface area (Å²) in [6.45, 7) is 8.67. The molecule has 0 saturated carbocycles. The van der Waals surface area contributed by atoms with E-state index in [1.165, 1.54) is 0 Å². The van der Waals surface area contributed by atoms with E-state index in [2.05, 4.69) is 31.2 Å². The van der Waals surface area contributed by atoms with Crippen LogP contribution in [0.2, 0.25) is 0 Å². The van der Waals surface area contributed by atoms with Crippen LogP contribution in [0.25, 0.3) is 0 Å². The van der Waals surface area contributed by atoms with Crippen LogP contribution in [0.5, 0.6) is 0 Å². The molecule has 0 aliphatic heterocycles. The van der Waals surface area contributed by atoms with Gasteiger partial charge in [0.25, 0.3) is 11.8 Å². The lowest BCUT2D eigenvalue weighted by atomic mass is 10.0. The Labute approximate surface area is 231 Å². The van der Waals surface area contributed by atoms with E-state index in [4.69, 9.17) is 0 Å². The molecule has 4 N–H and O–H groups in total. The zero-order chi connectivity index (χ0) is 28.6. The topological polar surface area (TPSA) is 142 Å². The van der Waals surface area contributed by atoms with Gasteiger partial charge in [0.15, 0.2) is 0 Å². The standard InChI is InChI=1S/C29H42N6O4/c1-20(2)24(34-26(36)22-10-16-30-17-11-22)28(38)32-14-8-6-5-7-9-15-33-29(39)25(21(3)4)35-27(37)23-12-18-31-19-13-23/h10-13,16-21,24-25H,5-9,14-15H2,1-4H3,(H,32,38)(H,33,39)(H,34,36)(H,35,37)/t24-,25-/m0/s1. The minimum atomic E-state index is -0.613. The Bertz CT molecular complexity index is 963. The molecule has 0 radical (unpaired) electrons. The van der Waals surface area contributed by atoms with Gasteiger partial charge in [-0.15, -0.1) is 0 Å². The van der Waals surface area contributed by atoms with Crippen LogP contribution >= 0.6 is 0 Å². The van der Waals surface area contributed by atoms with Gasteiger partial charge in [-0.1, -0.05) is 47.0 Å². The maximum Gasteiger partial charge on any atom is 0.252 e. The molecule has 0 aliphatic carbocycles. The molecule has 4 amide bonds. The van der Waals surface area contributed by atoms with Gasteiger partial charge >= 0.3 is 0 Å². The van der Waals surface area contributed by atoms with Crippen LogP contribution < -0.4 is 21.3 Å². The first-order valence-electron chi connectivity index (χ1n) is 13.7. The smallest absolute Gasteiger partial charge is 0.252 e. The van der Waals surface area contributed by atoms with Crippen LogP contribution in [0.1, 0.15) is 80.5 Å². The first-order valence-corrected chi connectivity index (χ1v) is 13.7. The molecule has 0 aliphatic rings. The molecule has 0 spiro atoms. The number of hydrogen-bond donors (Lipinski definition) is 4. The lowest BCUT2D eigenvalue weighted by molar-refractivity contribution is -0.124. The van der Waals surface area contributed by atoms with Crippen LogP contribution in [0, 0.1) is 11.8 Å². The highest BCUT2D eigenvalue weighted by molar-refractivity contribution is 5.98. The fourth-order valence-electron chi connectivity index (χ4n) is 3.95. The molecule has 212 valence electrons. The van der Waals surface area contributed by atoms with Crippen molar-refractivity contribution in [2.75, 3.05) is 13.1 Å². The van der Waals surface area contributed by atoms with E-state index in [0.29, 0.717) is 24.2 Å². The number of nitrogens with one attached hydrogen (secondary N) is 4. The van der Waals surface area contributed by atoms with Crippen molar-refractivity contribution in [3.63, 3.8) is 0 Å². The van der Waals surface area contributed by atoms with Crippen molar-refractivity contribution in [1.82, 2.24) is 31.2 Å². The molecule has 0 unspecified atom stereocenters. The molecule has 0 bridgehead atoms. The number of pyridine rings is 2. The molecule has 2 aromatic rings. The first kappa shape index (κ1) is 31.4. The number of hydrogen-bond acceptors (Lipinski definition) is 6. The lowest BCUT2D eigenvalue weighted by Crippen LogP contribution is -2.49. The third-order valence-corrected chi connectivity index (χ3v) is 6.31. The van der Waals surface area contributed by atoms with Gasteiger partial charge in [0, 0.05) is 49.0 Å². The number of nitrogens with zero attached hydrogens (tertiary/aromatic N) is 2. The molecular formula is C29H42N6O4. The van der Waals surface area contributed by atoms with Crippen molar-refractivity contribution >= 4 is 23.6 Å². The second-order valence-corrected chi connectivity index (χ2v) is 10.2. The van der Waals surface area contributed by atoms with Gasteiger partial charge in [-0.05, 0) is 48.9 Å². The summed E-state index contributed by atoms with van der Waals surface area (Å²) in [5, 5.41) is 11.5. The number of carbonyl (C=O) groups is 4. The van der Waals surface area contributed by atoms with Gasteiger partial charge in [-0.2, -0.15) is 0 Å². The predicted octanol–water partition coefficient (Wildman–Crippen LogP) is 2.87. The predicted molar refractivity (Wildman–Crippen MR) is 150 cm³/mol. The maximum absolute atomic E-state index is 12.6. The van der Waals surface area contributed by atoms with Crippen LogP contribution in [-0.2, 0) is 9.59 Å². The van der Waals surface area contributed by atoms with E-state index in [1.54, 1.807) is 49.1 Å². The van der Waals surface area contributed by atoms with Crippen LogP contribution in [-0.4, -0.2) is 58.8 Å². The van der Waals surface area contributed by atoms with E-state index < -0.39 is 12.1 Å². The van der Waals surface area contributed by atoms with E-state index in [-0.39, 0.29) is 35.5 Å². The Morgan fingerprint density at radius 1 is 0.590 bits per heavy atom. The summed E-state index contributed by atoms with van der Waals surface area (Å²) >= 11 is 0. The summed E-state index contributed by atoms with van der Waals surface area (Å²) in [5.74, 6) is -1.07. The average Bonchev–Trinajstić information content (AvgIpc) is 2.93. The Balaban J connectivity index is 1.60. The van der Waals surface area contributed by atoms with E-state index in [0.717, 1.165) is 32.1 Å². The maximum atomic E-state index is 12.6. The van der Waals surface area contributed by atoms with Gasteiger partial charge in [-0.3, -0.25) is 29.1 Å². The molecule has 2 aromatic heterocycles. The molecule has 10 heteroatoms. The molecule has 0 saturated heterocycles. The van der Waals surface area contributed by atoms with E-state index >= 15 is 0 Å². The molecule has 2 rings (SSSR count). The minimum absolute atomic E-state index is 0.0507. The third kappa shape index (κ3) is 11.2. The molecule has 0 aromatic carbocycles. The average molecular weight is 539 g/mol. The normalized spacial score (nSPS) is 12.5. The quantitative estimate of drug-likeness (QED) is 0.242. The fourth-order valence-corrected chi connectivity index (χ4v) is 3.95. The Morgan fingerprint density at radius 3 is 1.26 bits per heavy atom. The second kappa shape index (κ2) is 16.9. The molecule has 39 heavy (non-hydrogen) atoms. The summed E-state index contributed by atoms with van der Waals surface area (Å²) in [4.78, 5) is 57.9. The number of rotatable bonds is 16. The lowest BCUT2D eigenvalue weighted by Gasteiger charge is -2.22. The van der Waals surface area contributed by atoms with Gasteiger partial charge in [0.05, 0.1) is 0 Å². The molecule has 0 fully saturated rings. The van der Waals surface area contributed by atoms with E-state index in [9.17, 15) is 19.2 Å². The number of unbranched alkanes of at least 4 members (excludes halogenated alkanes) is 4. The summed E-state index contributed by atoms with van der Waals surface area (Å²) < 4.78 is 0. The number of carbonyl (C=O) groups excluding carboxylic acids is 4. The summed E-state index contributed by atoms with van der Waals surface area (Å²) in [5.41, 5.74) is 0.933. The highest BCUT2D eigenvalue weighted by atomic mass is 16.2. The highest BCUT2D eigenvalue weighted by Gasteiger charge is 2.25. The Kier molecular flexibility index (Phi) is 13.6. The third-order valence-electron chi connectivity index (χ3n) is 6.31. The number of aromatic nitrogens is 2. The van der Waals surface area contributed by atoms with Crippen LogP contribution in [0.15, 0.2) is 49.1 Å². The van der Waals surface area contributed by atoms with Gasteiger partial charge in [0.2, 0.25) is 11.8 Å². The van der Waals surface area contributed by atoms with Crippen molar-refractivity contribution in [1.29, 1.82) is 0 Å².